The molecule has 8 heteroatoms. The Labute approximate surface area is 194 Å². The number of halogens is 2. The van der Waals surface area contributed by atoms with Gasteiger partial charge >= 0.3 is 0 Å². The summed E-state index contributed by atoms with van der Waals surface area (Å²) in [6.45, 7) is 0.388. The number of nitrogens with one attached hydrogen (secondary N) is 1. The number of nitrogens with zero attached hydrogens (tertiary/aromatic N) is 2. The second kappa shape index (κ2) is 9.92. The number of benzene rings is 2. The van der Waals surface area contributed by atoms with Crippen LogP contribution in [0.1, 0.15) is 5.56 Å². The van der Waals surface area contributed by atoms with Crippen molar-refractivity contribution in [1.82, 2.24) is 9.71 Å². The van der Waals surface area contributed by atoms with Crippen molar-refractivity contribution in [2.75, 3.05) is 0 Å². The van der Waals surface area contributed by atoms with Crippen LogP contribution in [0.5, 0.6) is 0 Å². The minimum atomic E-state index is 0.320. The molecule has 4 aromatic rings. The molecule has 0 aliphatic carbocycles. The van der Waals surface area contributed by atoms with E-state index in [1.54, 1.807) is 12.5 Å². The maximum atomic E-state index is 6.08. The first-order chi connectivity index (χ1) is 15.1. The van der Waals surface area contributed by atoms with E-state index in [0.717, 1.165) is 32.8 Å². The molecular weight excluding hydrogens is 451 g/mol. The largest absolute Gasteiger partial charge is 0.471 e. The van der Waals surface area contributed by atoms with E-state index in [9.17, 15) is 0 Å². The van der Waals surface area contributed by atoms with Gasteiger partial charge in [0.1, 0.15) is 6.26 Å². The third-order valence-electron chi connectivity index (χ3n) is 4.42. The zero-order valence-electron chi connectivity index (χ0n) is 16.3. The fraction of sp³-hybridized carbons (Fsp3) is 0.0435. The number of hydrogen-bond donors (Lipinski definition) is 2. The Kier molecular flexibility index (Phi) is 6.82. The van der Waals surface area contributed by atoms with Crippen LogP contribution in [0, 0.1) is 0 Å². The van der Waals surface area contributed by atoms with E-state index in [0.29, 0.717) is 22.5 Å². The summed E-state index contributed by atoms with van der Waals surface area (Å²) in [6.07, 6.45) is 5.04. The predicted molar refractivity (Wildman–Crippen MR) is 128 cm³/mol. The molecule has 0 saturated heterocycles. The molecule has 2 heterocycles. The van der Waals surface area contributed by atoms with E-state index in [2.05, 4.69) is 15.8 Å². The predicted octanol–water partition coefficient (Wildman–Crippen LogP) is 6.43. The molecule has 4 rings (SSSR count). The van der Waals surface area contributed by atoms with Gasteiger partial charge in [-0.1, -0.05) is 47.5 Å². The van der Waals surface area contributed by atoms with E-state index in [4.69, 9.17) is 38.3 Å². The summed E-state index contributed by atoms with van der Waals surface area (Å²) in [5.41, 5.74) is 10.7. The third kappa shape index (κ3) is 5.61. The second-order valence-electron chi connectivity index (χ2n) is 6.62. The van der Waals surface area contributed by atoms with Crippen molar-refractivity contribution in [3.05, 3.63) is 95.0 Å². The van der Waals surface area contributed by atoms with E-state index in [1.165, 1.54) is 11.9 Å². The topological polar surface area (TPSA) is 76.4 Å². The van der Waals surface area contributed by atoms with Crippen LogP contribution in [0.15, 0.2) is 93.7 Å². The number of aliphatic imine (C=N–C) groups is 1. The molecule has 0 radical (unpaired) electrons. The summed E-state index contributed by atoms with van der Waals surface area (Å²) in [7, 11) is 0. The van der Waals surface area contributed by atoms with Gasteiger partial charge in [0.05, 0.1) is 23.4 Å². The molecule has 2 aromatic heterocycles. The lowest BCUT2D eigenvalue weighted by Gasteiger charge is -2.12. The normalized spacial score (nSPS) is 11.5. The molecule has 0 aliphatic heterocycles. The van der Waals surface area contributed by atoms with Crippen LogP contribution in [-0.4, -0.2) is 10.9 Å². The smallest absolute Gasteiger partial charge is 0.199 e. The Morgan fingerprint density at radius 1 is 1.00 bits per heavy atom. The highest BCUT2D eigenvalue weighted by molar-refractivity contribution is 7.98. The summed E-state index contributed by atoms with van der Waals surface area (Å²) in [4.78, 5) is 10.0. The van der Waals surface area contributed by atoms with E-state index in [1.807, 2.05) is 60.8 Å². The van der Waals surface area contributed by atoms with Gasteiger partial charge in [0.25, 0.3) is 0 Å². The molecule has 0 fully saturated rings. The fourth-order valence-corrected chi connectivity index (χ4v) is 3.68. The molecule has 0 aliphatic rings. The van der Waals surface area contributed by atoms with Gasteiger partial charge in [0.2, 0.25) is 0 Å². The van der Waals surface area contributed by atoms with Gasteiger partial charge in [-0.3, -0.25) is 9.71 Å². The van der Waals surface area contributed by atoms with Crippen LogP contribution in [0.4, 0.5) is 0 Å². The molecule has 3 N–H and O–H groups in total. The Hall–Kier alpha value is -2.93. The van der Waals surface area contributed by atoms with Crippen molar-refractivity contribution in [3.63, 3.8) is 0 Å². The van der Waals surface area contributed by atoms with Crippen molar-refractivity contribution in [3.8, 4) is 22.4 Å². The molecule has 156 valence electrons. The molecule has 0 bridgehead atoms. The molecule has 0 unspecified atom stereocenters. The zero-order chi connectivity index (χ0) is 21.6. The molecule has 0 spiro atoms. The number of guanidine groups is 1. The average molecular weight is 469 g/mol. The fourth-order valence-electron chi connectivity index (χ4n) is 2.91. The maximum absolute atomic E-state index is 6.08. The lowest BCUT2D eigenvalue weighted by Crippen LogP contribution is -2.25. The number of furan rings is 1. The Morgan fingerprint density at radius 3 is 2.32 bits per heavy atom. The summed E-state index contributed by atoms with van der Waals surface area (Å²) in [5.74, 6) is 0.320. The monoisotopic (exact) mass is 468 g/mol. The van der Waals surface area contributed by atoms with Crippen molar-refractivity contribution >= 4 is 41.1 Å². The molecule has 0 saturated carbocycles. The highest BCUT2D eigenvalue weighted by atomic mass is 35.5. The van der Waals surface area contributed by atoms with E-state index in [-0.39, 0.29) is 0 Å². The van der Waals surface area contributed by atoms with Gasteiger partial charge in [-0.05, 0) is 59.5 Å². The number of hydrogen-bond acceptors (Lipinski definition) is 4. The number of rotatable bonds is 6. The molecule has 0 amide bonds. The van der Waals surface area contributed by atoms with Crippen molar-refractivity contribution in [2.45, 2.75) is 11.4 Å². The lowest BCUT2D eigenvalue weighted by molar-refractivity contribution is 0.562. The lowest BCUT2D eigenvalue weighted by atomic mass is 9.98. The quantitative estimate of drug-likeness (QED) is 0.193. The first kappa shape index (κ1) is 21.3. The first-order valence-electron chi connectivity index (χ1n) is 9.34. The third-order valence-corrected chi connectivity index (χ3v) is 5.70. The Balaban J connectivity index is 1.60. The van der Waals surface area contributed by atoms with Crippen molar-refractivity contribution < 1.29 is 4.42 Å². The summed E-state index contributed by atoms with van der Waals surface area (Å²) < 4.78 is 8.01. The van der Waals surface area contributed by atoms with Crippen LogP contribution in [0.25, 0.3) is 22.4 Å². The molecular formula is C23H18Cl2N4OS. The summed E-state index contributed by atoms with van der Waals surface area (Å²) in [6, 6.07) is 19.2. The maximum Gasteiger partial charge on any atom is 0.199 e. The summed E-state index contributed by atoms with van der Waals surface area (Å²) in [5, 5.41) is 1.36. The molecule has 31 heavy (non-hydrogen) atoms. The summed E-state index contributed by atoms with van der Waals surface area (Å²) >= 11 is 13.5. The Morgan fingerprint density at radius 2 is 1.68 bits per heavy atom. The molecule has 5 nitrogen and oxygen atoms in total. The number of aromatic nitrogens is 1. The highest BCUT2D eigenvalue weighted by Crippen LogP contribution is 2.32. The Bertz CT molecular complexity index is 1180. The minimum Gasteiger partial charge on any atom is -0.471 e. The van der Waals surface area contributed by atoms with E-state index >= 15 is 0 Å². The molecule has 2 aromatic carbocycles. The van der Waals surface area contributed by atoms with Crippen molar-refractivity contribution in [2.24, 2.45) is 10.7 Å². The van der Waals surface area contributed by atoms with Gasteiger partial charge in [-0.2, -0.15) is 0 Å². The van der Waals surface area contributed by atoms with Gasteiger partial charge in [0, 0.05) is 27.4 Å². The van der Waals surface area contributed by atoms with Gasteiger partial charge in [-0.25, -0.2) is 4.99 Å². The minimum absolute atomic E-state index is 0.320. The van der Waals surface area contributed by atoms with Crippen LogP contribution in [0.3, 0.4) is 0 Å². The highest BCUT2D eigenvalue weighted by Gasteiger charge is 2.11. The molecule has 0 atom stereocenters. The van der Waals surface area contributed by atoms with Gasteiger partial charge in [-0.15, -0.1) is 0 Å². The average Bonchev–Trinajstić information content (AvgIpc) is 3.31. The van der Waals surface area contributed by atoms with E-state index < -0.39 is 0 Å². The van der Waals surface area contributed by atoms with Crippen LogP contribution in [0.2, 0.25) is 10.0 Å². The van der Waals surface area contributed by atoms with Crippen molar-refractivity contribution in [1.29, 1.82) is 0 Å². The standard InChI is InChI=1S/C23H18Cl2N4OS/c24-18-5-1-16(2-6-18)21-11-15(12-27-22(21)17-3-7-19(25)8-4-17)13-28-23(26)29-31-20-9-10-30-14-20/h1-12,14H,13H2,(H3,26,28,29). The number of nitrogens with two attached hydrogens (primary N) is 1. The van der Waals surface area contributed by atoms with Crippen LogP contribution >= 0.6 is 35.1 Å². The number of pyridine rings is 1. The van der Waals surface area contributed by atoms with Gasteiger partial charge < -0.3 is 10.2 Å². The zero-order valence-corrected chi connectivity index (χ0v) is 18.6. The SMILES string of the molecule is NC(=NCc1cnc(-c2ccc(Cl)cc2)c(-c2ccc(Cl)cc2)c1)NSc1ccoc1. The van der Waals surface area contributed by atoms with Gasteiger partial charge in [0.15, 0.2) is 5.96 Å². The first-order valence-corrected chi connectivity index (χ1v) is 10.9. The van der Waals surface area contributed by atoms with Crippen LogP contribution < -0.4 is 10.5 Å². The van der Waals surface area contributed by atoms with Crippen LogP contribution in [-0.2, 0) is 6.54 Å². The second-order valence-corrected chi connectivity index (χ2v) is 8.37.